The third-order valence-electron chi connectivity index (χ3n) is 3.03. The highest BCUT2D eigenvalue weighted by Gasteiger charge is 2.30. The molecule has 1 amide bonds. The first kappa shape index (κ1) is 16.9. The summed E-state index contributed by atoms with van der Waals surface area (Å²) in [5.74, 6) is -0.262. The van der Waals surface area contributed by atoms with Crippen molar-refractivity contribution in [1.29, 1.82) is 0 Å². The standard InChI is InChI=1S/C14H15F3N4O2/c1-23-7-6-11-19-13(20-21(11)8-14(15,16)17)10-4-2-9(3-5-10)12(18)22/h2-5H,6-8H2,1H3,(H2,18,22). The number of hydrogen-bond acceptors (Lipinski definition) is 4. The van der Waals surface area contributed by atoms with E-state index in [4.69, 9.17) is 10.5 Å². The molecule has 0 aliphatic heterocycles. The maximum atomic E-state index is 12.6. The molecule has 0 saturated heterocycles. The molecule has 2 N–H and O–H groups in total. The van der Waals surface area contributed by atoms with Gasteiger partial charge in [-0.05, 0) is 12.1 Å². The quantitative estimate of drug-likeness (QED) is 0.876. The molecular weight excluding hydrogens is 313 g/mol. The molecule has 0 bridgehead atoms. The number of ether oxygens (including phenoxy) is 1. The summed E-state index contributed by atoms with van der Waals surface area (Å²) in [7, 11) is 1.45. The number of halogens is 3. The topological polar surface area (TPSA) is 83.0 Å². The van der Waals surface area contributed by atoms with E-state index in [0.717, 1.165) is 4.68 Å². The Morgan fingerprint density at radius 2 is 1.96 bits per heavy atom. The van der Waals surface area contributed by atoms with Crippen LogP contribution in [0.3, 0.4) is 0 Å². The molecule has 2 aromatic rings. The van der Waals surface area contributed by atoms with E-state index in [1.807, 2.05) is 0 Å². The number of alkyl halides is 3. The lowest BCUT2D eigenvalue weighted by molar-refractivity contribution is -0.143. The number of carbonyl (C=O) groups is 1. The zero-order valence-corrected chi connectivity index (χ0v) is 12.3. The molecule has 0 spiro atoms. The summed E-state index contributed by atoms with van der Waals surface area (Å²) < 4.78 is 43.6. The van der Waals surface area contributed by atoms with Gasteiger partial charge in [0.05, 0.1) is 6.61 Å². The number of benzene rings is 1. The third-order valence-corrected chi connectivity index (χ3v) is 3.03. The van der Waals surface area contributed by atoms with Crippen LogP contribution in [0.4, 0.5) is 13.2 Å². The van der Waals surface area contributed by atoms with Gasteiger partial charge in [0, 0.05) is 24.7 Å². The molecular formula is C14H15F3N4O2. The molecule has 0 saturated carbocycles. The van der Waals surface area contributed by atoms with Crippen LogP contribution in [0.25, 0.3) is 11.4 Å². The zero-order chi connectivity index (χ0) is 17.0. The molecule has 6 nitrogen and oxygen atoms in total. The van der Waals surface area contributed by atoms with E-state index in [-0.39, 0.29) is 24.7 Å². The number of carbonyl (C=O) groups excluding carboxylic acids is 1. The highest BCUT2D eigenvalue weighted by Crippen LogP contribution is 2.21. The van der Waals surface area contributed by atoms with Crippen LogP contribution in [0.1, 0.15) is 16.2 Å². The molecule has 0 aliphatic carbocycles. The van der Waals surface area contributed by atoms with Gasteiger partial charge in [0.2, 0.25) is 5.91 Å². The highest BCUT2D eigenvalue weighted by atomic mass is 19.4. The molecule has 0 radical (unpaired) electrons. The Hall–Kier alpha value is -2.42. The van der Waals surface area contributed by atoms with Crippen LogP contribution in [-0.4, -0.2) is 40.6 Å². The molecule has 1 heterocycles. The Balaban J connectivity index is 2.32. The van der Waals surface area contributed by atoms with E-state index in [1.165, 1.54) is 31.4 Å². The number of nitrogens with zero attached hydrogens (tertiary/aromatic N) is 3. The van der Waals surface area contributed by atoms with Gasteiger partial charge in [-0.1, -0.05) is 12.1 Å². The first-order chi connectivity index (χ1) is 10.8. The van der Waals surface area contributed by atoms with Crippen molar-refractivity contribution in [3.05, 3.63) is 35.7 Å². The lowest BCUT2D eigenvalue weighted by Gasteiger charge is -2.08. The van der Waals surface area contributed by atoms with E-state index in [0.29, 0.717) is 11.1 Å². The van der Waals surface area contributed by atoms with Gasteiger partial charge in [-0.2, -0.15) is 18.3 Å². The van der Waals surface area contributed by atoms with Crippen LogP contribution in [0, 0.1) is 0 Å². The van der Waals surface area contributed by atoms with Gasteiger partial charge in [-0.3, -0.25) is 4.79 Å². The molecule has 23 heavy (non-hydrogen) atoms. The lowest BCUT2D eigenvalue weighted by atomic mass is 10.1. The molecule has 0 fully saturated rings. The SMILES string of the molecule is COCCc1nc(-c2ccc(C(N)=O)cc2)nn1CC(F)(F)F. The summed E-state index contributed by atoms with van der Waals surface area (Å²) in [6.07, 6.45) is -4.19. The minimum absolute atomic E-state index is 0.149. The number of aromatic nitrogens is 3. The third kappa shape index (κ3) is 4.52. The lowest BCUT2D eigenvalue weighted by Crippen LogP contribution is -2.21. The second-order valence-electron chi connectivity index (χ2n) is 4.81. The number of nitrogens with two attached hydrogens (primary N) is 1. The normalized spacial score (nSPS) is 11.7. The van der Waals surface area contributed by atoms with Gasteiger partial charge >= 0.3 is 6.18 Å². The minimum atomic E-state index is -4.40. The smallest absolute Gasteiger partial charge is 0.384 e. The van der Waals surface area contributed by atoms with E-state index < -0.39 is 18.6 Å². The van der Waals surface area contributed by atoms with Crippen molar-refractivity contribution in [2.45, 2.75) is 19.1 Å². The number of primary amides is 1. The van der Waals surface area contributed by atoms with Crippen LogP contribution >= 0.6 is 0 Å². The van der Waals surface area contributed by atoms with E-state index >= 15 is 0 Å². The maximum absolute atomic E-state index is 12.6. The fourth-order valence-electron chi connectivity index (χ4n) is 1.95. The molecule has 124 valence electrons. The Bertz CT molecular complexity index is 680. The van der Waals surface area contributed by atoms with Crippen LogP contribution < -0.4 is 5.73 Å². The molecule has 1 aromatic carbocycles. The van der Waals surface area contributed by atoms with Gasteiger partial charge in [0.15, 0.2) is 5.82 Å². The first-order valence-electron chi connectivity index (χ1n) is 6.70. The highest BCUT2D eigenvalue weighted by molar-refractivity contribution is 5.93. The van der Waals surface area contributed by atoms with Gasteiger partial charge in [0.1, 0.15) is 12.4 Å². The fraction of sp³-hybridized carbons (Fsp3) is 0.357. The Morgan fingerprint density at radius 3 is 2.48 bits per heavy atom. The van der Waals surface area contributed by atoms with Crippen LogP contribution in [-0.2, 0) is 17.7 Å². The van der Waals surface area contributed by atoms with Crippen molar-refractivity contribution in [3.63, 3.8) is 0 Å². The summed E-state index contributed by atoms with van der Waals surface area (Å²) in [6, 6.07) is 6.01. The molecule has 0 atom stereocenters. The van der Waals surface area contributed by atoms with Gasteiger partial charge in [-0.25, -0.2) is 9.67 Å². The van der Waals surface area contributed by atoms with Gasteiger partial charge in [-0.15, -0.1) is 0 Å². The monoisotopic (exact) mass is 328 g/mol. The summed E-state index contributed by atoms with van der Waals surface area (Å²) in [5.41, 5.74) is 5.93. The van der Waals surface area contributed by atoms with E-state index in [2.05, 4.69) is 10.1 Å². The largest absolute Gasteiger partial charge is 0.408 e. The van der Waals surface area contributed by atoms with Gasteiger partial charge in [0.25, 0.3) is 0 Å². The number of hydrogen-bond donors (Lipinski definition) is 1. The molecule has 2 rings (SSSR count). The van der Waals surface area contributed by atoms with Crippen molar-refractivity contribution >= 4 is 5.91 Å². The molecule has 0 aliphatic rings. The van der Waals surface area contributed by atoms with Crippen molar-refractivity contribution in [2.24, 2.45) is 5.73 Å². The average molecular weight is 328 g/mol. The predicted octanol–water partition coefficient (Wildman–Crippen LogP) is 1.80. The zero-order valence-electron chi connectivity index (χ0n) is 12.3. The Morgan fingerprint density at radius 1 is 1.30 bits per heavy atom. The summed E-state index contributed by atoms with van der Waals surface area (Å²) in [5, 5.41) is 3.91. The Kier molecular flexibility index (Phi) is 4.99. The second kappa shape index (κ2) is 6.78. The Labute approximate surface area is 130 Å². The first-order valence-corrected chi connectivity index (χ1v) is 6.70. The summed E-state index contributed by atoms with van der Waals surface area (Å²) in [4.78, 5) is 15.2. The van der Waals surface area contributed by atoms with E-state index in [1.54, 1.807) is 0 Å². The van der Waals surface area contributed by atoms with E-state index in [9.17, 15) is 18.0 Å². The summed E-state index contributed by atoms with van der Waals surface area (Å²) >= 11 is 0. The fourth-order valence-corrected chi connectivity index (χ4v) is 1.95. The predicted molar refractivity (Wildman–Crippen MR) is 75.6 cm³/mol. The van der Waals surface area contributed by atoms with Crippen LogP contribution in [0.15, 0.2) is 24.3 Å². The molecule has 0 unspecified atom stereocenters. The van der Waals surface area contributed by atoms with Crippen molar-refractivity contribution in [2.75, 3.05) is 13.7 Å². The number of methoxy groups -OCH3 is 1. The maximum Gasteiger partial charge on any atom is 0.408 e. The van der Waals surface area contributed by atoms with Crippen molar-refractivity contribution < 1.29 is 22.7 Å². The number of rotatable bonds is 6. The molecule has 9 heteroatoms. The van der Waals surface area contributed by atoms with Crippen molar-refractivity contribution in [1.82, 2.24) is 14.8 Å². The number of amides is 1. The summed E-state index contributed by atoms with van der Waals surface area (Å²) in [6.45, 7) is -0.991. The molecule has 1 aromatic heterocycles. The van der Waals surface area contributed by atoms with Gasteiger partial charge < -0.3 is 10.5 Å². The van der Waals surface area contributed by atoms with Crippen LogP contribution in [0.2, 0.25) is 0 Å². The van der Waals surface area contributed by atoms with Crippen LogP contribution in [0.5, 0.6) is 0 Å². The second-order valence-corrected chi connectivity index (χ2v) is 4.81. The minimum Gasteiger partial charge on any atom is -0.384 e. The van der Waals surface area contributed by atoms with Crippen molar-refractivity contribution in [3.8, 4) is 11.4 Å². The average Bonchev–Trinajstić information content (AvgIpc) is 2.86.